The molecule has 5 rings (SSSR count). The Morgan fingerprint density at radius 1 is 1.00 bits per heavy atom. The van der Waals surface area contributed by atoms with Gasteiger partial charge in [0, 0.05) is 61.2 Å². The summed E-state index contributed by atoms with van der Waals surface area (Å²) in [5.74, 6) is 0.529. The smallest absolute Gasteiger partial charge is 0.269 e. The highest BCUT2D eigenvalue weighted by molar-refractivity contribution is 7.90. The van der Waals surface area contributed by atoms with Crippen LogP contribution in [0.3, 0.4) is 0 Å². The van der Waals surface area contributed by atoms with Crippen LogP contribution in [0.15, 0.2) is 59.6 Å². The molecule has 0 aliphatic carbocycles. The number of hydrogen-bond donors (Lipinski definition) is 3. The normalized spacial score (nSPS) is 17.5. The molecule has 0 spiro atoms. The molecule has 2 aliphatic heterocycles. The fourth-order valence-corrected chi connectivity index (χ4v) is 8.20. The van der Waals surface area contributed by atoms with Crippen molar-refractivity contribution in [3.63, 3.8) is 0 Å². The van der Waals surface area contributed by atoms with Gasteiger partial charge in [-0.1, -0.05) is 47.3 Å². The highest BCUT2D eigenvalue weighted by Crippen LogP contribution is 2.28. The van der Waals surface area contributed by atoms with E-state index in [-0.39, 0.29) is 29.2 Å². The highest BCUT2D eigenvalue weighted by atomic mass is 35.5. The van der Waals surface area contributed by atoms with Crippen molar-refractivity contribution in [1.29, 1.82) is 5.41 Å². The van der Waals surface area contributed by atoms with E-state index in [2.05, 4.69) is 20.4 Å². The average molecular weight is 689 g/mol. The Hall–Kier alpha value is -3.25. The van der Waals surface area contributed by atoms with E-state index in [1.54, 1.807) is 55.6 Å². The minimum Gasteiger partial charge on any atom is -0.376 e. The van der Waals surface area contributed by atoms with Crippen molar-refractivity contribution in [2.24, 2.45) is 0 Å². The Bertz CT molecular complexity index is 1620. The van der Waals surface area contributed by atoms with Crippen LogP contribution in [0.1, 0.15) is 43.2 Å². The second kappa shape index (κ2) is 15.1. The van der Waals surface area contributed by atoms with Crippen molar-refractivity contribution in [2.75, 3.05) is 63.5 Å². The van der Waals surface area contributed by atoms with Gasteiger partial charge in [-0.25, -0.2) is 12.4 Å². The third-order valence-electron chi connectivity index (χ3n) is 8.81. The molecular formula is C33H43Cl2N7O3S. The topological polar surface area (TPSA) is 114 Å². The number of nitrogens with one attached hydrogen (secondary N) is 3. The first-order valence-corrected chi connectivity index (χ1v) is 18.0. The minimum absolute atomic E-state index is 0.0467. The highest BCUT2D eigenvalue weighted by Gasteiger charge is 2.32. The second-order valence-electron chi connectivity index (χ2n) is 12.0. The molecule has 1 amide bonds. The maximum Gasteiger partial charge on any atom is 0.269 e. The van der Waals surface area contributed by atoms with E-state index in [1.807, 2.05) is 11.8 Å². The van der Waals surface area contributed by atoms with E-state index in [0.29, 0.717) is 46.7 Å². The zero-order valence-corrected chi connectivity index (χ0v) is 28.8. The minimum atomic E-state index is -3.89. The Morgan fingerprint density at radius 2 is 1.70 bits per heavy atom. The lowest BCUT2D eigenvalue weighted by Gasteiger charge is -2.41. The molecule has 2 saturated heterocycles. The molecule has 2 fully saturated rings. The van der Waals surface area contributed by atoms with Gasteiger partial charge in [-0.15, -0.1) is 0 Å². The third-order valence-corrected chi connectivity index (χ3v) is 10.9. The van der Waals surface area contributed by atoms with Gasteiger partial charge in [0.2, 0.25) is 5.91 Å². The number of benzene rings is 2. The number of nitrogens with zero attached hydrogens (tertiary/aromatic N) is 4. The number of halogens is 2. The maximum absolute atomic E-state index is 13.7. The number of piperidine rings is 2. The number of amides is 1. The van der Waals surface area contributed by atoms with E-state index in [0.717, 1.165) is 50.9 Å². The van der Waals surface area contributed by atoms with Gasteiger partial charge < -0.3 is 25.3 Å². The molecule has 0 saturated carbocycles. The standard InChI is InChI=1S/C33H43Cl2N7O3S/c1-24-8-10-29(11-9-24)46(44,45)42-16-12-30(33(42)37-2)32(36)41(18-17-39-13-4-3-5-14-39)28-7-6-15-40(23-28)31(43)22-38-27-20-25(34)19-26(35)21-27/h8-12,16,19-21,28,36-38H,3-7,13-15,17-18,22-23H2,1-2H3. The van der Waals surface area contributed by atoms with Gasteiger partial charge in [0.25, 0.3) is 10.0 Å². The zero-order valence-electron chi connectivity index (χ0n) is 26.4. The number of hydrogen-bond acceptors (Lipinski definition) is 7. The lowest BCUT2D eigenvalue weighted by molar-refractivity contribution is -0.131. The van der Waals surface area contributed by atoms with Crippen molar-refractivity contribution in [3.05, 3.63) is 75.9 Å². The summed E-state index contributed by atoms with van der Waals surface area (Å²) in [6, 6.07) is 13.4. The van der Waals surface area contributed by atoms with E-state index >= 15 is 0 Å². The number of likely N-dealkylation sites (tertiary alicyclic amines) is 2. The van der Waals surface area contributed by atoms with Crippen molar-refractivity contribution < 1.29 is 13.2 Å². The molecule has 3 aromatic rings. The number of rotatable bonds is 11. The lowest BCUT2D eigenvalue weighted by atomic mass is 10.0. The third kappa shape index (κ3) is 7.99. The van der Waals surface area contributed by atoms with E-state index in [1.165, 1.54) is 16.6 Å². The van der Waals surface area contributed by atoms with Crippen molar-refractivity contribution in [1.82, 2.24) is 18.7 Å². The molecule has 46 heavy (non-hydrogen) atoms. The number of amidine groups is 1. The second-order valence-corrected chi connectivity index (χ2v) is 14.7. The molecule has 13 heteroatoms. The molecule has 10 nitrogen and oxygen atoms in total. The monoisotopic (exact) mass is 687 g/mol. The number of aryl methyl sites for hydroxylation is 1. The van der Waals surface area contributed by atoms with Gasteiger partial charge in [0.1, 0.15) is 11.7 Å². The molecule has 1 unspecified atom stereocenters. The van der Waals surface area contributed by atoms with Crippen LogP contribution in [0.4, 0.5) is 11.5 Å². The van der Waals surface area contributed by atoms with Gasteiger partial charge in [0.05, 0.1) is 17.0 Å². The molecule has 1 atom stereocenters. The summed E-state index contributed by atoms with van der Waals surface area (Å²) in [4.78, 5) is 19.9. The number of carbonyl (C=O) groups is 1. The molecule has 2 aliphatic rings. The summed E-state index contributed by atoms with van der Waals surface area (Å²) in [5, 5.41) is 16.6. The predicted molar refractivity (Wildman–Crippen MR) is 186 cm³/mol. The first kappa shape index (κ1) is 34.1. The summed E-state index contributed by atoms with van der Waals surface area (Å²) in [6.07, 6.45) is 6.70. The molecule has 0 bridgehead atoms. The van der Waals surface area contributed by atoms with Gasteiger partial charge >= 0.3 is 0 Å². The van der Waals surface area contributed by atoms with Crippen molar-refractivity contribution >= 4 is 56.5 Å². The Morgan fingerprint density at radius 3 is 2.37 bits per heavy atom. The van der Waals surface area contributed by atoms with Crippen LogP contribution in [0.5, 0.6) is 0 Å². The summed E-state index contributed by atoms with van der Waals surface area (Å²) >= 11 is 12.3. The van der Waals surface area contributed by atoms with Crippen LogP contribution in [-0.2, 0) is 14.8 Å². The molecular weight excluding hydrogens is 645 g/mol. The number of aromatic nitrogens is 1. The molecule has 248 valence electrons. The van der Waals surface area contributed by atoms with Crippen molar-refractivity contribution in [3.8, 4) is 0 Å². The largest absolute Gasteiger partial charge is 0.376 e. The van der Waals surface area contributed by atoms with E-state index in [9.17, 15) is 18.6 Å². The van der Waals surface area contributed by atoms with Crippen LogP contribution in [-0.4, -0.2) is 97.7 Å². The first-order valence-electron chi connectivity index (χ1n) is 15.8. The zero-order chi connectivity index (χ0) is 32.8. The van der Waals surface area contributed by atoms with Crippen molar-refractivity contribution in [2.45, 2.75) is 50.0 Å². The van der Waals surface area contributed by atoms with Crippen LogP contribution < -0.4 is 10.6 Å². The molecule has 2 aromatic carbocycles. The SMILES string of the molecule is CNc1c(C(=N)N(CCN2CCCCC2)C2CCCN(C(=O)CNc3cc(Cl)cc(Cl)c3)C2)ccn1S(=O)(=O)c1ccc(C)cc1. The summed E-state index contributed by atoms with van der Waals surface area (Å²) in [5.41, 5.74) is 2.14. The Labute approximate surface area is 282 Å². The average Bonchev–Trinajstić information content (AvgIpc) is 3.49. The quantitative estimate of drug-likeness (QED) is 0.178. The number of anilines is 2. The molecule has 3 N–H and O–H groups in total. The molecule has 0 radical (unpaired) electrons. The van der Waals surface area contributed by atoms with Gasteiger partial charge in [-0.3, -0.25) is 10.2 Å². The number of carbonyl (C=O) groups excluding carboxylic acids is 1. The van der Waals surface area contributed by atoms with E-state index in [4.69, 9.17) is 23.2 Å². The predicted octanol–water partition coefficient (Wildman–Crippen LogP) is 5.60. The van der Waals surface area contributed by atoms with Gasteiger partial charge in [-0.2, -0.15) is 0 Å². The van der Waals surface area contributed by atoms with Crippen LogP contribution in [0.2, 0.25) is 10.0 Å². The first-order chi connectivity index (χ1) is 22.1. The van der Waals surface area contributed by atoms with E-state index < -0.39 is 10.0 Å². The van der Waals surface area contributed by atoms with Crippen LogP contribution in [0.25, 0.3) is 0 Å². The fraction of sp³-hybridized carbons (Fsp3) is 0.455. The summed E-state index contributed by atoms with van der Waals surface area (Å²) in [6.45, 7) is 6.56. The van der Waals surface area contributed by atoms with Crippen LogP contribution >= 0.6 is 23.2 Å². The van der Waals surface area contributed by atoms with Gasteiger partial charge in [0.15, 0.2) is 0 Å². The van der Waals surface area contributed by atoms with Gasteiger partial charge in [-0.05, 0) is 82.1 Å². The molecule has 1 aromatic heterocycles. The lowest BCUT2D eigenvalue weighted by Crippen LogP contribution is -2.54. The summed E-state index contributed by atoms with van der Waals surface area (Å²) < 4.78 is 28.5. The summed E-state index contributed by atoms with van der Waals surface area (Å²) in [7, 11) is -2.22. The molecule has 3 heterocycles. The maximum atomic E-state index is 13.7. The Balaban J connectivity index is 1.37. The fourth-order valence-electron chi connectivity index (χ4n) is 6.32. The Kier molecular flexibility index (Phi) is 11.2. The van der Waals surface area contributed by atoms with Crippen LogP contribution in [0, 0.1) is 12.3 Å².